The highest BCUT2D eigenvalue weighted by atomic mass is 16.6. The molecule has 1 unspecified atom stereocenters. The van der Waals surface area contributed by atoms with Gasteiger partial charge in [-0.15, -0.1) is 0 Å². The molecule has 0 N–H and O–H groups in total. The first-order chi connectivity index (χ1) is 29.6. The lowest BCUT2D eigenvalue weighted by molar-refractivity contribution is -0.163. The molecule has 0 saturated carbocycles. The Bertz CT molecular complexity index is 955. The van der Waals surface area contributed by atoms with Crippen molar-refractivity contribution in [1.82, 2.24) is 0 Å². The zero-order valence-electron chi connectivity index (χ0n) is 40.5. The molecular formula is C55H102O5. The molecule has 352 valence electrons. The Morgan fingerprint density at radius 3 is 1.15 bits per heavy atom. The van der Waals surface area contributed by atoms with E-state index >= 15 is 0 Å². The lowest BCUT2D eigenvalue weighted by atomic mass is 10.1. The topological polar surface area (TPSA) is 61.8 Å². The third-order valence-electron chi connectivity index (χ3n) is 11.6. The van der Waals surface area contributed by atoms with E-state index in [4.69, 9.17) is 14.2 Å². The van der Waals surface area contributed by atoms with Crippen LogP contribution in [0.1, 0.15) is 278 Å². The lowest BCUT2D eigenvalue weighted by Gasteiger charge is -2.18. The fourth-order valence-electron chi connectivity index (χ4n) is 7.65. The van der Waals surface area contributed by atoms with Crippen LogP contribution in [0.25, 0.3) is 0 Å². The molecule has 0 radical (unpaired) electrons. The summed E-state index contributed by atoms with van der Waals surface area (Å²) in [4.78, 5) is 25.3. The van der Waals surface area contributed by atoms with Gasteiger partial charge in [0.15, 0.2) is 6.10 Å². The maximum absolute atomic E-state index is 12.7. The van der Waals surface area contributed by atoms with E-state index in [0.29, 0.717) is 19.4 Å². The molecule has 0 aliphatic rings. The standard InChI is InChI=1S/C55H102O5/c1-4-7-10-13-16-18-20-22-24-26-28-29-31-33-35-37-40-42-45-48-54(56)59-52-53(60-55(57)49-46-43-39-15-12-9-6-3)51-58-50-47-44-41-38-36-34-32-30-27-25-23-21-19-17-14-11-8-5-2/h17,19,22-25,53H,4-16,18,20-21,26-52H2,1-3H3/b19-17-,24-22-,25-23-. The Kier molecular flexibility index (Phi) is 49.9. The van der Waals surface area contributed by atoms with Gasteiger partial charge in [-0.3, -0.25) is 9.59 Å². The molecule has 0 aromatic rings. The molecule has 0 heterocycles. The highest BCUT2D eigenvalue weighted by molar-refractivity contribution is 5.70. The summed E-state index contributed by atoms with van der Waals surface area (Å²) < 4.78 is 17.3. The number of unbranched alkanes of at least 4 members (excludes halogenated alkanes) is 32. The molecule has 0 aliphatic heterocycles. The van der Waals surface area contributed by atoms with Crippen LogP contribution >= 0.6 is 0 Å². The molecular weight excluding hydrogens is 741 g/mol. The molecule has 0 bridgehead atoms. The molecule has 60 heavy (non-hydrogen) atoms. The Hall–Kier alpha value is -1.88. The maximum Gasteiger partial charge on any atom is 0.306 e. The molecule has 0 aromatic carbocycles. The molecule has 0 aromatic heterocycles. The summed E-state index contributed by atoms with van der Waals surface area (Å²) in [5, 5.41) is 0. The van der Waals surface area contributed by atoms with Gasteiger partial charge in [-0.25, -0.2) is 0 Å². The number of hydrogen-bond donors (Lipinski definition) is 0. The average Bonchev–Trinajstić information content (AvgIpc) is 3.25. The molecule has 0 spiro atoms. The average molecular weight is 843 g/mol. The summed E-state index contributed by atoms with van der Waals surface area (Å²) in [5.41, 5.74) is 0. The molecule has 5 nitrogen and oxygen atoms in total. The first-order valence-corrected chi connectivity index (χ1v) is 26.5. The van der Waals surface area contributed by atoms with E-state index in [1.807, 2.05) is 0 Å². The molecule has 0 saturated heterocycles. The number of esters is 2. The summed E-state index contributed by atoms with van der Waals surface area (Å²) in [6, 6.07) is 0. The summed E-state index contributed by atoms with van der Waals surface area (Å²) in [5.74, 6) is -0.397. The number of rotatable bonds is 49. The zero-order valence-corrected chi connectivity index (χ0v) is 40.5. The second-order valence-corrected chi connectivity index (χ2v) is 17.8. The van der Waals surface area contributed by atoms with Gasteiger partial charge in [0.25, 0.3) is 0 Å². The Morgan fingerprint density at radius 1 is 0.367 bits per heavy atom. The second-order valence-electron chi connectivity index (χ2n) is 17.8. The third-order valence-corrected chi connectivity index (χ3v) is 11.6. The van der Waals surface area contributed by atoms with Gasteiger partial charge >= 0.3 is 11.9 Å². The minimum Gasteiger partial charge on any atom is -0.462 e. The van der Waals surface area contributed by atoms with Gasteiger partial charge < -0.3 is 14.2 Å². The van der Waals surface area contributed by atoms with E-state index < -0.39 is 6.10 Å². The molecule has 0 fully saturated rings. The first-order valence-electron chi connectivity index (χ1n) is 26.5. The number of ether oxygens (including phenoxy) is 3. The van der Waals surface area contributed by atoms with Crippen LogP contribution in [0.2, 0.25) is 0 Å². The highest BCUT2D eigenvalue weighted by Gasteiger charge is 2.17. The van der Waals surface area contributed by atoms with Crippen LogP contribution in [-0.4, -0.2) is 37.9 Å². The van der Waals surface area contributed by atoms with Crippen LogP contribution in [0.15, 0.2) is 36.5 Å². The van der Waals surface area contributed by atoms with Crippen molar-refractivity contribution >= 4 is 11.9 Å². The first kappa shape index (κ1) is 58.1. The van der Waals surface area contributed by atoms with Crippen LogP contribution in [-0.2, 0) is 23.8 Å². The molecule has 0 amide bonds. The molecule has 0 aliphatic carbocycles. The van der Waals surface area contributed by atoms with E-state index in [9.17, 15) is 9.59 Å². The van der Waals surface area contributed by atoms with Crippen molar-refractivity contribution in [2.45, 2.75) is 284 Å². The van der Waals surface area contributed by atoms with Gasteiger partial charge in [0.1, 0.15) is 6.61 Å². The van der Waals surface area contributed by atoms with Gasteiger partial charge in [0, 0.05) is 19.4 Å². The maximum atomic E-state index is 12.7. The van der Waals surface area contributed by atoms with E-state index in [0.717, 1.165) is 44.9 Å². The molecule has 1 atom stereocenters. The van der Waals surface area contributed by atoms with Gasteiger partial charge in [0.2, 0.25) is 0 Å². The molecule has 0 rings (SSSR count). The number of hydrogen-bond acceptors (Lipinski definition) is 5. The number of carbonyl (C=O) groups excluding carboxylic acids is 2. The van der Waals surface area contributed by atoms with Crippen molar-refractivity contribution in [2.24, 2.45) is 0 Å². The Morgan fingerprint density at radius 2 is 0.700 bits per heavy atom. The van der Waals surface area contributed by atoms with Crippen LogP contribution in [0.4, 0.5) is 0 Å². The van der Waals surface area contributed by atoms with Crippen molar-refractivity contribution < 1.29 is 23.8 Å². The second kappa shape index (κ2) is 51.5. The summed E-state index contributed by atoms with van der Waals surface area (Å²) >= 11 is 0. The monoisotopic (exact) mass is 843 g/mol. The molecule has 5 heteroatoms. The van der Waals surface area contributed by atoms with Crippen LogP contribution in [0.5, 0.6) is 0 Å². The van der Waals surface area contributed by atoms with Crippen LogP contribution in [0, 0.1) is 0 Å². The quantitative estimate of drug-likeness (QED) is 0.0347. The number of carbonyl (C=O) groups is 2. The van der Waals surface area contributed by atoms with E-state index in [-0.39, 0.29) is 25.2 Å². The van der Waals surface area contributed by atoms with Crippen molar-refractivity contribution in [2.75, 3.05) is 19.8 Å². The van der Waals surface area contributed by atoms with E-state index in [1.54, 1.807) is 0 Å². The van der Waals surface area contributed by atoms with Crippen LogP contribution in [0.3, 0.4) is 0 Å². The van der Waals surface area contributed by atoms with Gasteiger partial charge in [-0.2, -0.15) is 0 Å². The zero-order chi connectivity index (χ0) is 43.5. The Balaban J connectivity index is 4.08. The summed E-state index contributed by atoms with van der Waals surface area (Å²) in [7, 11) is 0. The van der Waals surface area contributed by atoms with Gasteiger partial charge in [-0.05, 0) is 77.0 Å². The predicted molar refractivity (Wildman–Crippen MR) is 261 cm³/mol. The largest absolute Gasteiger partial charge is 0.462 e. The summed E-state index contributed by atoms with van der Waals surface area (Å²) in [6.45, 7) is 7.79. The predicted octanol–water partition coefficient (Wildman–Crippen LogP) is 17.8. The normalized spacial score (nSPS) is 12.4. The highest BCUT2D eigenvalue weighted by Crippen LogP contribution is 2.15. The van der Waals surface area contributed by atoms with Crippen molar-refractivity contribution in [3.05, 3.63) is 36.5 Å². The van der Waals surface area contributed by atoms with E-state index in [1.165, 1.54) is 199 Å². The van der Waals surface area contributed by atoms with E-state index in [2.05, 4.69) is 57.2 Å². The lowest BCUT2D eigenvalue weighted by Crippen LogP contribution is -2.30. The minimum absolute atomic E-state index is 0.0858. The smallest absolute Gasteiger partial charge is 0.306 e. The van der Waals surface area contributed by atoms with Gasteiger partial charge in [-0.1, -0.05) is 224 Å². The SMILES string of the molecule is CCCCC/C=C\C/C=C\CCCCCCCCCCOCC(COC(=O)CCCCCCCCCCC/C=C\CCCCCCCC)OC(=O)CCCCCCCCC. The van der Waals surface area contributed by atoms with Crippen LogP contribution < -0.4 is 0 Å². The number of allylic oxidation sites excluding steroid dienone is 6. The fraction of sp³-hybridized carbons (Fsp3) is 0.855. The van der Waals surface area contributed by atoms with Crippen molar-refractivity contribution in [3.63, 3.8) is 0 Å². The van der Waals surface area contributed by atoms with Crippen molar-refractivity contribution in [1.29, 1.82) is 0 Å². The minimum atomic E-state index is -0.533. The summed E-state index contributed by atoms with van der Waals surface area (Å²) in [6.07, 6.45) is 61.7. The fourth-order valence-corrected chi connectivity index (χ4v) is 7.65. The Labute approximate surface area is 374 Å². The third kappa shape index (κ3) is 48.8. The van der Waals surface area contributed by atoms with Gasteiger partial charge in [0.05, 0.1) is 6.61 Å². The van der Waals surface area contributed by atoms with Crippen molar-refractivity contribution in [3.8, 4) is 0 Å².